The van der Waals surface area contributed by atoms with E-state index in [4.69, 9.17) is 5.73 Å². The van der Waals surface area contributed by atoms with E-state index < -0.39 is 0 Å². The molecule has 0 spiro atoms. The molecule has 1 aromatic rings. The van der Waals surface area contributed by atoms with Crippen molar-refractivity contribution >= 4 is 11.6 Å². The van der Waals surface area contributed by atoms with Gasteiger partial charge >= 0.3 is 0 Å². The van der Waals surface area contributed by atoms with E-state index in [1.54, 1.807) is 0 Å². The first-order valence-electron chi connectivity index (χ1n) is 6.26. The summed E-state index contributed by atoms with van der Waals surface area (Å²) in [6.07, 6.45) is 1.16. The number of nitrogens with zero attached hydrogens (tertiary/aromatic N) is 1. The van der Waals surface area contributed by atoms with Crippen molar-refractivity contribution in [3.8, 4) is 0 Å². The summed E-state index contributed by atoms with van der Waals surface area (Å²) in [5, 5.41) is 9.74. The van der Waals surface area contributed by atoms with Crippen molar-refractivity contribution in [1.29, 1.82) is 0 Å². The van der Waals surface area contributed by atoms with Crippen LogP contribution in [0.1, 0.15) is 45.0 Å². The minimum atomic E-state index is -0.113. The first kappa shape index (κ1) is 14.7. The lowest BCUT2D eigenvalue weighted by atomic mass is 9.87. The number of H-pyrrole nitrogens is 1. The Labute approximate surface area is 109 Å². The first-order chi connectivity index (χ1) is 8.19. The van der Waals surface area contributed by atoms with Gasteiger partial charge in [0.25, 0.3) is 0 Å². The molecule has 1 rings (SSSR count). The fourth-order valence-electron chi connectivity index (χ4n) is 2.02. The molecule has 0 aliphatic rings. The van der Waals surface area contributed by atoms with Crippen LogP contribution in [0, 0.1) is 19.3 Å². The molecule has 1 heterocycles. The maximum atomic E-state index is 11.9. The number of hydrogen-bond donors (Lipinski definition) is 3. The smallest absolute Gasteiger partial charge is 0.226 e. The Kier molecular flexibility index (Phi) is 4.51. The maximum absolute atomic E-state index is 11.9. The third-order valence-corrected chi connectivity index (χ3v) is 2.71. The molecular weight excluding hydrogens is 228 g/mol. The molecule has 18 heavy (non-hydrogen) atoms. The fourth-order valence-corrected chi connectivity index (χ4v) is 2.02. The number of hydrogen-bond acceptors (Lipinski definition) is 3. The Bertz CT molecular complexity index is 398. The predicted octanol–water partition coefficient (Wildman–Crippen LogP) is 2.12. The molecular formula is C13H24N4O. The van der Waals surface area contributed by atoms with E-state index in [1.807, 2.05) is 13.8 Å². The summed E-state index contributed by atoms with van der Waals surface area (Å²) in [5.41, 5.74) is 8.55. The molecule has 5 nitrogen and oxygen atoms in total. The molecule has 5 heteroatoms. The normalized spacial score (nSPS) is 13.4. The molecule has 102 valence electrons. The summed E-state index contributed by atoms with van der Waals surface area (Å²) in [7, 11) is 0. The van der Waals surface area contributed by atoms with Crippen LogP contribution in [0.2, 0.25) is 0 Å². The van der Waals surface area contributed by atoms with Crippen LogP contribution in [0.25, 0.3) is 0 Å². The van der Waals surface area contributed by atoms with E-state index in [9.17, 15) is 4.79 Å². The largest absolute Gasteiger partial charge is 0.327 e. The van der Waals surface area contributed by atoms with Crippen molar-refractivity contribution in [2.45, 2.75) is 53.5 Å². The molecule has 0 radical (unpaired) electrons. The lowest BCUT2D eigenvalue weighted by Crippen LogP contribution is -2.31. The molecule has 1 aromatic heterocycles. The molecule has 0 aliphatic heterocycles. The summed E-state index contributed by atoms with van der Waals surface area (Å²) in [4.78, 5) is 11.9. The molecule has 0 aromatic carbocycles. The molecule has 4 N–H and O–H groups in total. The molecule has 0 bridgehead atoms. The number of amides is 1. The molecule has 0 aliphatic carbocycles. The number of aromatic nitrogens is 2. The Hall–Kier alpha value is -1.36. The highest BCUT2D eigenvalue weighted by atomic mass is 16.1. The van der Waals surface area contributed by atoms with Crippen LogP contribution >= 0.6 is 0 Å². The van der Waals surface area contributed by atoms with Crippen molar-refractivity contribution in [2.24, 2.45) is 11.1 Å². The summed E-state index contributed by atoms with van der Waals surface area (Å²) in [6.45, 7) is 10.1. The lowest BCUT2D eigenvalue weighted by Gasteiger charge is -2.22. The van der Waals surface area contributed by atoms with Crippen LogP contribution in [0.3, 0.4) is 0 Å². The van der Waals surface area contributed by atoms with Gasteiger partial charge in [-0.3, -0.25) is 9.89 Å². The van der Waals surface area contributed by atoms with Gasteiger partial charge in [-0.1, -0.05) is 20.8 Å². The average Bonchev–Trinajstić information content (AvgIpc) is 2.46. The van der Waals surface area contributed by atoms with Crippen LogP contribution in [0.5, 0.6) is 0 Å². The Morgan fingerprint density at radius 2 is 2.06 bits per heavy atom. The van der Waals surface area contributed by atoms with Gasteiger partial charge in [0.05, 0.1) is 17.1 Å². The minimum absolute atomic E-state index is 0.0562. The quantitative estimate of drug-likeness (QED) is 0.767. The number of aryl methyl sites for hydroxylation is 2. The Morgan fingerprint density at radius 3 is 2.50 bits per heavy atom. The van der Waals surface area contributed by atoms with Gasteiger partial charge in [-0.25, -0.2) is 0 Å². The van der Waals surface area contributed by atoms with Gasteiger partial charge in [-0.2, -0.15) is 5.10 Å². The second-order valence-electron chi connectivity index (χ2n) is 6.09. The van der Waals surface area contributed by atoms with Gasteiger partial charge in [0, 0.05) is 12.5 Å². The highest BCUT2D eigenvalue weighted by molar-refractivity contribution is 5.92. The van der Waals surface area contributed by atoms with Gasteiger partial charge in [0.1, 0.15) is 0 Å². The molecule has 1 atom stereocenters. The predicted molar refractivity (Wildman–Crippen MR) is 73.4 cm³/mol. The van der Waals surface area contributed by atoms with Crippen LogP contribution in [-0.4, -0.2) is 22.1 Å². The number of nitrogens with one attached hydrogen (secondary N) is 2. The number of nitrogens with two attached hydrogens (primary N) is 1. The topological polar surface area (TPSA) is 83.8 Å². The molecule has 1 unspecified atom stereocenters. The Morgan fingerprint density at radius 1 is 1.44 bits per heavy atom. The molecule has 0 saturated heterocycles. The molecule has 0 saturated carbocycles. The van der Waals surface area contributed by atoms with Crippen LogP contribution in [0.4, 0.5) is 5.69 Å². The van der Waals surface area contributed by atoms with Crippen molar-refractivity contribution in [2.75, 3.05) is 5.32 Å². The molecule has 0 fully saturated rings. The summed E-state index contributed by atoms with van der Waals surface area (Å²) in [6, 6.07) is -0.113. The second-order valence-corrected chi connectivity index (χ2v) is 6.09. The van der Waals surface area contributed by atoms with Gasteiger partial charge in [-0.05, 0) is 25.7 Å². The number of anilines is 1. The van der Waals surface area contributed by atoms with Crippen molar-refractivity contribution in [1.82, 2.24) is 10.2 Å². The van der Waals surface area contributed by atoms with E-state index in [0.29, 0.717) is 6.42 Å². The summed E-state index contributed by atoms with van der Waals surface area (Å²) >= 11 is 0. The Balaban J connectivity index is 2.52. The van der Waals surface area contributed by atoms with Crippen molar-refractivity contribution < 1.29 is 4.79 Å². The maximum Gasteiger partial charge on any atom is 0.226 e. The first-order valence-corrected chi connectivity index (χ1v) is 6.26. The SMILES string of the molecule is Cc1n[nH]c(C)c1NC(=O)CC(N)CC(C)(C)C. The monoisotopic (exact) mass is 252 g/mol. The average molecular weight is 252 g/mol. The zero-order chi connectivity index (χ0) is 13.9. The van der Waals surface area contributed by atoms with Crippen LogP contribution in [-0.2, 0) is 4.79 Å². The number of aromatic amines is 1. The van der Waals surface area contributed by atoms with Gasteiger partial charge in [-0.15, -0.1) is 0 Å². The van der Waals surface area contributed by atoms with E-state index >= 15 is 0 Å². The third-order valence-electron chi connectivity index (χ3n) is 2.71. The minimum Gasteiger partial charge on any atom is -0.327 e. The van der Waals surface area contributed by atoms with E-state index in [0.717, 1.165) is 23.5 Å². The highest BCUT2D eigenvalue weighted by Gasteiger charge is 2.19. The van der Waals surface area contributed by atoms with Crippen LogP contribution in [0.15, 0.2) is 0 Å². The zero-order valence-electron chi connectivity index (χ0n) is 11.9. The van der Waals surface area contributed by atoms with E-state index in [2.05, 4.69) is 36.3 Å². The van der Waals surface area contributed by atoms with Gasteiger partial charge < -0.3 is 11.1 Å². The highest BCUT2D eigenvalue weighted by Crippen LogP contribution is 2.22. The second kappa shape index (κ2) is 5.52. The number of rotatable bonds is 4. The standard InChI is InChI=1S/C13H24N4O/c1-8-12(9(2)17-16-8)15-11(18)6-10(14)7-13(3,4)5/h10H,6-7,14H2,1-5H3,(H,15,18)(H,16,17). The van der Waals surface area contributed by atoms with Gasteiger partial charge in [0.15, 0.2) is 0 Å². The van der Waals surface area contributed by atoms with Crippen molar-refractivity contribution in [3.63, 3.8) is 0 Å². The number of carbonyl (C=O) groups is 1. The fraction of sp³-hybridized carbons (Fsp3) is 0.692. The zero-order valence-corrected chi connectivity index (χ0v) is 11.9. The van der Waals surface area contributed by atoms with E-state index in [1.165, 1.54) is 0 Å². The van der Waals surface area contributed by atoms with Gasteiger partial charge in [0.2, 0.25) is 5.91 Å². The van der Waals surface area contributed by atoms with E-state index in [-0.39, 0.29) is 17.4 Å². The lowest BCUT2D eigenvalue weighted by molar-refractivity contribution is -0.116. The van der Waals surface area contributed by atoms with Crippen molar-refractivity contribution in [3.05, 3.63) is 11.4 Å². The third kappa shape index (κ3) is 4.49. The molecule has 1 amide bonds. The summed E-state index contributed by atoms with van der Waals surface area (Å²) < 4.78 is 0. The summed E-state index contributed by atoms with van der Waals surface area (Å²) in [5.74, 6) is -0.0562. The van der Waals surface area contributed by atoms with Crippen LogP contribution < -0.4 is 11.1 Å². The number of carbonyl (C=O) groups excluding carboxylic acids is 1.